The minimum Gasteiger partial charge on any atom is -0.355 e. The van der Waals surface area contributed by atoms with E-state index in [1.807, 2.05) is 19.0 Å². The largest absolute Gasteiger partial charge is 0.416 e. The number of likely N-dealkylation sites (tertiary alicyclic amines) is 1. The molecule has 0 radical (unpaired) electrons. The van der Waals surface area contributed by atoms with Crippen LogP contribution in [-0.2, 0) is 22.3 Å². The van der Waals surface area contributed by atoms with Crippen LogP contribution in [-0.4, -0.2) is 55.3 Å². The van der Waals surface area contributed by atoms with Gasteiger partial charge in [0.15, 0.2) is 0 Å². The van der Waals surface area contributed by atoms with Crippen LogP contribution in [0.2, 0.25) is 0 Å². The predicted octanol–water partition coefficient (Wildman–Crippen LogP) is 2.12. The second kappa shape index (κ2) is 8.53. The summed E-state index contributed by atoms with van der Waals surface area (Å²) in [6, 6.07) is 4.94. The minimum absolute atomic E-state index is 0.0736. The van der Waals surface area contributed by atoms with Crippen molar-refractivity contribution < 1.29 is 22.8 Å². The van der Waals surface area contributed by atoms with E-state index in [4.69, 9.17) is 0 Å². The zero-order chi connectivity index (χ0) is 19.3. The number of rotatable bonds is 6. The van der Waals surface area contributed by atoms with Gasteiger partial charge in [-0.3, -0.25) is 9.59 Å². The van der Waals surface area contributed by atoms with Crippen LogP contribution in [0.1, 0.15) is 24.0 Å². The molecule has 0 aliphatic carbocycles. The zero-order valence-corrected chi connectivity index (χ0v) is 15.0. The van der Waals surface area contributed by atoms with Crippen molar-refractivity contribution >= 4 is 11.8 Å². The number of carbonyl (C=O) groups excluding carboxylic acids is 2. The molecule has 8 heteroatoms. The standard InChI is InChI=1S/C18H24F3N3O2/c1-23(2)9-8-22-17(26)14-6-7-16(25)24(12-14)11-13-4-3-5-15(10-13)18(19,20)21/h3-5,10,14H,6-9,11-12H2,1-2H3,(H,22,26)/t14-/m1/s1. The Morgan fingerprint density at radius 3 is 2.73 bits per heavy atom. The number of halogens is 3. The van der Waals surface area contributed by atoms with E-state index in [2.05, 4.69) is 5.32 Å². The molecule has 2 amide bonds. The smallest absolute Gasteiger partial charge is 0.355 e. The second-order valence-corrected chi connectivity index (χ2v) is 6.80. The summed E-state index contributed by atoms with van der Waals surface area (Å²) in [5.41, 5.74) is -0.334. The molecular weight excluding hydrogens is 347 g/mol. The molecule has 144 valence electrons. The van der Waals surface area contributed by atoms with Crippen LogP contribution in [0.4, 0.5) is 13.2 Å². The Bertz CT molecular complexity index is 647. The van der Waals surface area contributed by atoms with Gasteiger partial charge in [-0.25, -0.2) is 0 Å². The van der Waals surface area contributed by atoms with Gasteiger partial charge in [0.05, 0.1) is 11.5 Å². The molecule has 26 heavy (non-hydrogen) atoms. The number of hydrogen-bond acceptors (Lipinski definition) is 3. The van der Waals surface area contributed by atoms with Gasteiger partial charge in [0, 0.05) is 32.6 Å². The molecule has 0 bridgehead atoms. The molecule has 2 rings (SSSR count). The van der Waals surface area contributed by atoms with Gasteiger partial charge < -0.3 is 15.1 Å². The van der Waals surface area contributed by atoms with E-state index >= 15 is 0 Å². The van der Waals surface area contributed by atoms with Crippen LogP contribution in [0.25, 0.3) is 0 Å². The molecule has 1 N–H and O–H groups in total. The summed E-state index contributed by atoms with van der Waals surface area (Å²) in [5, 5.41) is 2.84. The average Bonchev–Trinajstić information content (AvgIpc) is 2.56. The van der Waals surface area contributed by atoms with E-state index in [0.29, 0.717) is 25.1 Å². The van der Waals surface area contributed by atoms with Crippen molar-refractivity contribution in [2.24, 2.45) is 5.92 Å². The average molecular weight is 371 g/mol. The third kappa shape index (κ3) is 5.72. The summed E-state index contributed by atoms with van der Waals surface area (Å²) in [5.74, 6) is -0.589. The predicted molar refractivity (Wildman–Crippen MR) is 91.1 cm³/mol. The summed E-state index contributed by atoms with van der Waals surface area (Å²) in [6.45, 7) is 1.53. The zero-order valence-electron chi connectivity index (χ0n) is 15.0. The van der Waals surface area contributed by atoms with Gasteiger partial charge in [-0.05, 0) is 38.2 Å². The number of hydrogen-bond donors (Lipinski definition) is 1. The molecule has 0 saturated carbocycles. The van der Waals surface area contributed by atoms with Crippen LogP contribution in [0.5, 0.6) is 0 Å². The Morgan fingerprint density at radius 2 is 2.08 bits per heavy atom. The van der Waals surface area contributed by atoms with Crippen molar-refractivity contribution in [3.05, 3.63) is 35.4 Å². The van der Waals surface area contributed by atoms with E-state index in [-0.39, 0.29) is 37.2 Å². The number of benzene rings is 1. The molecule has 1 aromatic rings. The summed E-state index contributed by atoms with van der Waals surface area (Å²) < 4.78 is 38.5. The van der Waals surface area contributed by atoms with Crippen LogP contribution in [0, 0.1) is 5.92 Å². The van der Waals surface area contributed by atoms with Gasteiger partial charge in [-0.1, -0.05) is 12.1 Å². The lowest BCUT2D eigenvalue weighted by Crippen LogP contribution is -2.46. The van der Waals surface area contributed by atoms with Crippen LogP contribution in [0.15, 0.2) is 24.3 Å². The van der Waals surface area contributed by atoms with Crippen LogP contribution < -0.4 is 5.32 Å². The molecule has 1 aliphatic heterocycles. The Balaban J connectivity index is 1.98. The maximum atomic E-state index is 12.8. The van der Waals surface area contributed by atoms with Gasteiger partial charge in [-0.2, -0.15) is 13.2 Å². The van der Waals surface area contributed by atoms with Crippen molar-refractivity contribution in [1.82, 2.24) is 15.1 Å². The molecular formula is C18H24F3N3O2. The number of alkyl halides is 3. The summed E-state index contributed by atoms with van der Waals surface area (Å²) >= 11 is 0. The topological polar surface area (TPSA) is 52.7 Å². The SMILES string of the molecule is CN(C)CCNC(=O)[C@@H]1CCC(=O)N(Cc2cccc(C(F)(F)F)c2)C1. The maximum absolute atomic E-state index is 12.8. The molecule has 0 spiro atoms. The highest BCUT2D eigenvalue weighted by atomic mass is 19.4. The van der Waals surface area contributed by atoms with Crippen molar-refractivity contribution in [2.75, 3.05) is 33.7 Å². The van der Waals surface area contributed by atoms with Gasteiger partial charge in [-0.15, -0.1) is 0 Å². The normalized spacial score (nSPS) is 18.3. The first-order valence-electron chi connectivity index (χ1n) is 8.53. The molecule has 1 heterocycles. The fourth-order valence-corrected chi connectivity index (χ4v) is 2.90. The Morgan fingerprint density at radius 1 is 1.35 bits per heavy atom. The maximum Gasteiger partial charge on any atom is 0.416 e. The van der Waals surface area contributed by atoms with E-state index < -0.39 is 11.7 Å². The minimum atomic E-state index is -4.42. The quantitative estimate of drug-likeness (QED) is 0.834. The number of amides is 2. The fraction of sp³-hybridized carbons (Fsp3) is 0.556. The van der Waals surface area contributed by atoms with Crippen LogP contribution >= 0.6 is 0 Å². The van der Waals surface area contributed by atoms with E-state index in [1.165, 1.54) is 11.0 Å². The summed E-state index contributed by atoms with van der Waals surface area (Å²) in [7, 11) is 3.81. The van der Waals surface area contributed by atoms with Gasteiger partial charge >= 0.3 is 6.18 Å². The van der Waals surface area contributed by atoms with E-state index in [9.17, 15) is 22.8 Å². The Kier molecular flexibility index (Phi) is 6.63. The fourth-order valence-electron chi connectivity index (χ4n) is 2.90. The van der Waals surface area contributed by atoms with Gasteiger partial charge in [0.1, 0.15) is 0 Å². The molecule has 0 aromatic heterocycles. The van der Waals surface area contributed by atoms with Gasteiger partial charge in [0.2, 0.25) is 11.8 Å². The number of nitrogens with zero attached hydrogens (tertiary/aromatic N) is 2. The molecule has 5 nitrogen and oxygen atoms in total. The van der Waals surface area contributed by atoms with E-state index in [1.54, 1.807) is 6.07 Å². The molecule has 1 aromatic carbocycles. The first-order chi connectivity index (χ1) is 12.2. The van der Waals surface area contributed by atoms with Gasteiger partial charge in [0.25, 0.3) is 0 Å². The van der Waals surface area contributed by atoms with Crippen molar-refractivity contribution in [2.45, 2.75) is 25.6 Å². The monoisotopic (exact) mass is 371 g/mol. The van der Waals surface area contributed by atoms with Crippen LogP contribution in [0.3, 0.4) is 0 Å². The molecule has 0 unspecified atom stereocenters. The first kappa shape index (κ1) is 20.2. The molecule has 1 aliphatic rings. The first-order valence-corrected chi connectivity index (χ1v) is 8.53. The number of carbonyl (C=O) groups is 2. The number of nitrogens with one attached hydrogen (secondary N) is 1. The van der Waals surface area contributed by atoms with Crippen molar-refractivity contribution in [1.29, 1.82) is 0 Å². The Hall–Kier alpha value is -2.09. The lowest BCUT2D eigenvalue weighted by atomic mass is 9.96. The highest BCUT2D eigenvalue weighted by Crippen LogP contribution is 2.30. The lowest BCUT2D eigenvalue weighted by Gasteiger charge is -2.32. The third-order valence-corrected chi connectivity index (χ3v) is 4.36. The lowest BCUT2D eigenvalue weighted by molar-refractivity contribution is -0.139. The molecule has 1 fully saturated rings. The van der Waals surface area contributed by atoms with Crippen molar-refractivity contribution in [3.63, 3.8) is 0 Å². The molecule has 1 atom stereocenters. The molecule has 1 saturated heterocycles. The third-order valence-electron chi connectivity index (χ3n) is 4.36. The number of likely N-dealkylation sites (N-methyl/N-ethyl adjacent to an activating group) is 1. The number of piperidine rings is 1. The van der Waals surface area contributed by atoms with Crippen molar-refractivity contribution in [3.8, 4) is 0 Å². The van der Waals surface area contributed by atoms with E-state index in [0.717, 1.165) is 12.1 Å². The second-order valence-electron chi connectivity index (χ2n) is 6.80. The Labute approximate surface area is 151 Å². The highest BCUT2D eigenvalue weighted by Gasteiger charge is 2.32. The summed E-state index contributed by atoms with van der Waals surface area (Å²) in [4.78, 5) is 27.8. The summed E-state index contributed by atoms with van der Waals surface area (Å²) in [6.07, 6.45) is -3.73. The highest BCUT2D eigenvalue weighted by molar-refractivity contribution is 5.83.